The minimum atomic E-state index is 0.266. The molecule has 0 aliphatic carbocycles. The van der Waals surface area contributed by atoms with Gasteiger partial charge in [0, 0.05) is 37.6 Å². The van der Waals surface area contributed by atoms with Gasteiger partial charge in [-0.05, 0) is 53.3 Å². The van der Waals surface area contributed by atoms with E-state index in [1.807, 2.05) is 18.2 Å². The molecule has 4 aromatic rings. The van der Waals surface area contributed by atoms with Crippen LogP contribution in [0.5, 0.6) is 0 Å². The molecule has 0 saturated heterocycles. The molecule has 138 valence electrons. The van der Waals surface area contributed by atoms with E-state index in [4.69, 9.17) is 0 Å². The van der Waals surface area contributed by atoms with Gasteiger partial charge >= 0.3 is 0 Å². The molecule has 0 aliphatic rings. The van der Waals surface area contributed by atoms with Crippen molar-refractivity contribution < 1.29 is 4.79 Å². The number of aromatic nitrogens is 3. The minimum absolute atomic E-state index is 0.266. The lowest BCUT2D eigenvalue weighted by molar-refractivity contribution is -0.118. The highest BCUT2D eigenvalue weighted by molar-refractivity contribution is 5.81. The molecule has 0 atom stereocenters. The van der Waals surface area contributed by atoms with Crippen molar-refractivity contribution >= 4 is 16.8 Å². The fourth-order valence-corrected chi connectivity index (χ4v) is 3.32. The summed E-state index contributed by atoms with van der Waals surface area (Å²) < 4.78 is 0. The standard InChI is InChI=1S/C24H21N3O/c28-22(15-19-4-2-12-25-17-19)5-1-3-18-6-8-20(9-7-18)21-10-11-23-24(16-21)27-14-13-26-23/h2,4,6-14,16-17H,1,3,5,15H2. The molecule has 0 N–H and O–H groups in total. The maximum absolute atomic E-state index is 12.1. The Kier molecular flexibility index (Phi) is 5.48. The normalized spacial score (nSPS) is 10.9. The molecule has 0 fully saturated rings. The van der Waals surface area contributed by atoms with Crippen LogP contribution < -0.4 is 0 Å². The Balaban J connectivity index is 1.33. The van der Waals surface area contributed by atoms with E-state index in [-0.39, 0.29) is 5.78 Å². The van der Waals surface area contributed by atoms with Crippen LogP contribution in [-0.2, 0) is 17.6 Å². The summed E-state index contributed by atoms with van der Waals surface area (Å²) in [6, 6.07) is 18.5. The van der Waals surface area contributed by atoms with Crippen LogP contribution in [0.2, 0.25) is 0 Å². The summed E-state index contributed by atoms with van der Waals surface area (Å²) in [4.78, 5) is 24.9. The zero-order chi connectivity index (χ0) is 19.2. The van der Waals surface area contributed by atoms with Crippen LogP contribution in [0, 0.1) is 0 Å². The van der Waals surface area contributed by atoms with Gasteiger partial charge in [-0.15, -0.1) is 0 Å². The zero-order valence-corrected chi connectivity index (χ0v) is 15.6. The SMILES string of the molecule is O=C(CCCc1ccc(-c2ccc3nccnc3c2)cc1)Cc1cccnc1. The second-order valence-corrected chi connectivity index (χ2v) is 6.89. The van der Waals surface area contributed by atoms with Gasteiger partial charge in [-0.3, -0.25) is 19.7 Å². The van der Waals surface area contributed by atoms with E-state index in [2.05, 4.69) is 51.4 Å². The summed E-state index contributed by atoms with van der Waals surface area (Å²) in [7, 11) is 0. The molecule has 2 aromatic carbocycles. The van der Waals surface area contributed by atoms with Gasteiger partial charge in [0.05, 0.1) is 11.0 Å². The number of carbonyl (C=O) groups is 1. The van der Waals surface area contributed by atoms with Gasteiger partial charge in [0.25, 0.3) is 0 Å². The van der Waals surface area contributed by atoms with E-state index < -0.39 is 0 Å². The summed E-state index contributed by atoms with van der Waals surface area (Å²) in [5.41, 5.74) is 6.32. The van der Waals surface area contributed by atoms with Crippen molar-refractivity contribution in [3.63, 3.8) is 0 Å². The molecule has 4 nitrogen and oxygen atoms in total. The van der Waals surface area contributed by atoms with Gasteiger partial charge in [-0.1, -0.05) is 36.4 Å². The van der Waals surface area contributed by atoms with Gasteiger partial charge in [-0.2, -0.15) is 0 Å². The second-order valence-electron chi connectivity index (χ2n) is 6.89. The van der Waals surface area contributed by atoms with Crippen LogP contribution >= 0.6 is 0 Å². The second kappa shape index (κ2) is 8.53. The smallest absolute Gasteiger partial charge is 0.137 e. The van der Waals surface area contributed by atoms with Crippen molar-refractivity contribution in [2.75, 3.05) is 0 Å². The summed E-state index contributed by atoms with van der Waals surface area (Å²) >= 11 is 0. The number of hydrogen-bond donors (Lipinski definition) is 0. The average molecular weight is 367 g/mol. The summed E-state index contributed by atoms with van der Waals surface area (Å²) in [5.74, 6) is 0.266. The molecule has 2 aromatic heterocycles. The number of rotatable bonds is 7. The van der Waals surface area contributed by atoms with Gasteiger partial charge in [-0.25, -0.2) is 0 Å². The van der Waals surface area contributed by atoms with Crippen molar-refractivity contribution in [2.24, 2.45) is 0 Å². The molecular weight excluding hydrogens is 346 g/mol. The highest BCUT2D eigenvalue weighted by Crippen LogP contribution is 2.23. The maximum atomic E-state index is 12.1. The fourth-order valence-electron chi connectivity index (χ4n) is 3.32. The lowest BCUT2D eigenvalue weighted by Crippen LogP contribution is -2.03. The predicted molar refractivity (Wildman–Crippen MR) is 111 cm³/mol. The minimum Gasteiger partial charge on any atom is -0.299 e. The number of fused-ring (bicyclic) bond motifs is 1. The van der Waals surface area contributed by atoms with E-state index in [0.29, 0.717) is 12.8 Å². The number of nitrogens with zero attached hydrogens (tertiary/aromatic N) is 3. The van der Waals surface area contributed by atoms with Crippen molar-refractivity contribution in [1.82, 2.24) is 15.0 Å². The monoisotopic (exact) mass is 367 g/mol. The highest BCUT2D eigenvalue weighted by atomic mass is 16.1. The molecule has 0 aliphatic heterocycles. The van der Waals surface area contributed by atoms with E-state index in [1.165, 1.54) is 5.56 Å². The molecule has 0 radical (unpaired) electrons. The lowest BCUT2D eigenvalue weighted by atomic mass is 10.00. The third-order valence-electron chi connectivity index (χ3n) is 4.80. The summed E-state index contributed by atoms with van der Waals surface area (Å²) in [6.45, 7) is 0. The van der Waals surface area contributed by atoms with Crippen LogP contribution in [0.25, 0.3) is 22.2 Å². The molecular formula is C24H21N3O. The largest absolute Gasteiger partial charge is 0.299 e. The van der Waals surface area contributed by atoms with Crippen molar-refractivity contribution in [3.05, 3.63) is 90.5 Å². The first-order chi connectivity index (χ1) is 13.8. The molecule has 4 rings (SSSR count). The van der Waals surface area contributed by atoms with Crippen molar-refractivity contribution in [1.29, 1.82) is 0 Å². The Morgan fingerprint density at radius 3 is 2.36 bits per heavy atom. The van der Waals surface area contributed by atoms with E-state index in [1.54, 1.807) is 24.8 Å². The zero-order valence-electron chi connectivity index (χ0n) is 15.6. The first-order valence-electron chi connectivity index (χ1n) is 9.49. The molecule has 0 saturated carbocycles. The first kappa shape index (κ1) is 18.0. The number of pyridine rings is 1. The van der Waals surface area contributed by atoms with Crippen LogP contribution in [0.15, 0.2) is 79.4 Å². The molecule has 0 amide bonds. The Bertz CT molecular complexity index is 1080. The molecule has 4 heteroatoms. The van der Waals surface area contributed by atoms with Gasteiger partial charge in [0.15, 0.2) is 0 Å². The van der Waals surface area contributed by atoms with Gasteiger partial charge in [0.2, 0.25) is 0 Å². The Hall–Kier alpha value is -3.40. The van der Waals surface area contributed by atoms with Crippen LogP contribution in [0.4, 0.5) is 0 Å². The fraction of sp³-hybridized carbons (Fsp3) is 0.167. The molecule has 0 bridgehead atoms. The van der Waals surface area contributed by atoms with Crippen LogP contribution in [0.1, 0.15) is 24.0 Å². The molecule has 2 heterocycles. The number of hydrogen-bond acceptors (Lipinski definition) is 4. The molecule has 0 spiro atoms. The van der Waals surface area contributed by atoms with Crippen LogP contribution in [0.3, 0.4) is 0 Å². The number of Topliss-reactive ketones (excluding diaryl/α,β-unsaturated/α-hetero) is 1. The Morgan fingerprint density at radius 2 is 1.57 bits per heavy atom. The number of carbonyl (C=O) groups excluding carboxylic acids is 1. The third-order valence-corrected chi connectivity index (χ3v) is 4.80. The van der Waals surface area contributed by atoms with Gasteiger partial charge < -0.3 is 0 Å². The maximum Gasteiger partial charge on any atom is 0.137 e. The van der Waals surface area contributed by atoms with E-state index >= 15 is 0 Å². The Labute approximate surface area is 164 Å². The van der Waals surface area contributed by atoms with Crippen molar-refractivity contribution in [2.45, 2.75) is 25.7 Å². The number of ketones is 1. The quantitative estimate of drug-likeness (QED) is 0.470. The topological polar surface area (TPSA) is 55.7 Å². The number of aryl methyl sites for hydroxylation is 1. The van der Waals surface area contributed by atoms with E-state index in [0.717, 1.165) is 40.6 Å². The molecule has 0 unspecified atom stereocenters. The predicted octanol–water partition coefficient (Wildman–Crippen LogP) is 4.83. The molecule has 28 heavy (non-hydrogen) atoms. The average Bonchev–Trinajstić information content (AvgIpc) is 2.74. The van der Waals surface area contributed by atoms with E-state index in [9.17, 15) is 4.79 Å². The summed E-state index contributed by atoms with van der Waals surface area (Å²) in [5, 5.41) is 0. The number of benzene rings is 2. The lowest BCUT2D eigenvalue weighted by Gasteiger charge is -2.06. The Morgan fingerprint density at radius 1 is 0.786 bits per heavy atom. The van der Waals surface area contributed by atoms with Crippen LogP contribution in [-0.4, -0.2) is 20.7 Å². The van der Waals surface area contributed by atoms with Gasteiger partial charge in [0.1, 0.15) is 5.78 Å². The van der Waals surface area contributed by atoms with Crippen molar-refractivity contribution in [3.8, 4) is 11.1 Å². The first-order valence-corrected chi connectivity index (χ1v) is 9.49. The third kappa shape index (κ3) is 4.46. The summed E-state index contributed by atoms with van der Waals surface area (Å²) in [6.07, 6.45) is 9.74. The highest BCUT2D eigenvalue weighted by Gasteiger charge is 2.05.